The van der Waals surface area contributed by atoms with Crippen molar-refractivity contribution in [1.82, 2.24) is 0 Å². The average molecular weight is 116 g/mol. The molecule has 1 N–H and O–H groups in total. The number of aliphatic hydroxyl groups is 1. The van der Waals surface area contributed by atoms with Gasteiger partial charge in [0.1, 0.15) is 0 Å². The molecule has 0 radical (unpaired) electrons. The molecule has 0 aromatic carbocycles. The molecule has 0 aromatic rings. The highest BCUT2D eigenvalue weighted by atomic mass is 16.3. The van der Waals surface area contributed by atoms with Crippen LogP contribution in [0.25, 0.3) is 0 Å². The minimum atomic E-state index is -0.0833. The highest BCUT2D eigenvalue weighted by Gasteiger charge is 2.07. The summed E-state index contributed by atoms with van der Waals surface area (Å²) in [6.45, 7) is 6.19. The molecule has 0 fully saturated rings. The molecule has 0 heterocycles. The van der Waals surface area contributed by atoms with Crippen LogP contribution in [0.15, 0.2) is 0 Å². The molecule has 1 unspecified atom stereocenters. The number of aliphatic hydroxyl groups excluding tert-OH is 1. The normalized spacial score (nSPS) is 18.0. The van der Waals surface area contributed by atoms with Gasteiger partial charge in [-0.15, -0.1) is 0 Å². The Morgan fingerprint density at radius 2 is 1.75 bits per heavy atom. The third-order valence-electron chi connectivity index (χ3n) is 1.72. The van der Waals surface area contributed by atoms with Gasteiger partial charge in [-0.05, 0) is 12.3 Å². The van der Waals surface area contributed by atoms with E-state index >= 15 is 0 Å². The molecule has 2 atom stereocenters. The van der Waals surface area contributed by atoms with Crippen LogP contribution in [-0.2, 0) is 0 Å². The van der Waals surface area contributed by atoms with E-state index in [0.717, 1.165) is 12.8 Å². The molecule has 0 saturated carbocycles. The van der Waals surface area contributed by atoms with Crippen molar-refractivity contribution in [3.63, 3.8) is 0 Å². The lowest BCUT2D eigenvalue weighted by Crippen LogP contribution is -2.14. The summed E-state index contributed by atoms with van der Waals surface area (Å²) in [5.74, 6) is 0.472. The predicted octanol–water partition coefficient (Wildman–Crippen LogP) is 1.80. The van der Waals surface area contributed by atoms with Crippen LogP contribution in [0.4, 0.5) is 0 Å². The second kappa shape index (κ2) is 3.90. The summed E-state index contributed by atoms with van der Waals surface area (Å²) in [4.78, 5) is 0. The van der Waals surface area contributed by atoms with Crippen molar-refractivity contribution in [2.45, 2.75) is 39.7 Å². The van der Waals surface area contributed by atoms with E-state index in [2.05, 4.69) is 13.8 Å². The van der Waals surface area contributed by atoms with E-state index in [1.165, 1.54) is 0 Å². The minimum Gasteiger partial charge on any atom is -0.393 e. The fourth-order valence-electron chi connectivity index (χ4n) is 0.674. The molecule has 0 amide bonds. The molecule has 0 saturated heterocycles. The Balaban J connectivity index is 3.29. The monoisotopic (exact) mass is 116 g/mol. The third kappa shape index (κ3) is 2.31. The second-order valence-corrected chi connectivity index (χ2v) is 2.36. The first kappa shape index (κ1) is 7.96. The predicted molar refractivity (Wildman–Crippen MR) is 35.8 cm³/mol. The maximum atomic E-state index is 9.13. The van der Waals surface area contributed by atoms with Crippen molar-refractivity contribution in [2.24, 2.45) is 5.92 Å². The minimum absolute atomic E-state index is 0.0833. The molecule has 1 nitrogen and oxygen atoms in total. The Bertz CT molecular complexity index is 44.3. The van der Waals surface area contributed by atoms with Gasteiger partial charge >= 0.3 is 0 Å². The molecule has 8 heavy (non-hydrogen) atoms. The van der Waals surface area contributed by atoms with E-state index in [4.69, 9.17) is 5.11 Å². The van der Waals surface area contributed by atoms with Crippen LogP contribution < -0.4 is 0 Å². The first-order valence-corrected chi connectivity index (χ1v) is 3.40. The van der Waals surface area contributed by atoms with Gasteiger partial charge < -0.3 is 5.11 Å². The van der Waals surface area contributed by atoms with Gasteiger partial charge in [-0.1, -0.05) is 27.2 Å². The molecular formula is C7H16O. The smallest absolute Gasteiger partial charge is 0.0563 e. The second-order valence-electron chi connectivity index (χ2n) is 2.36. The van der Waals surface area contributed by atoms with Crippen LogP contribution in [0, 0.1) is 5.92 Å². The zero-order valence-electron chi connectivity index (χ0n) is 6.02. The summed E-state index contributed by atoms with van der Waals surface area (Å²) in [5, 5.41) is 9.13. The van der Waals surface area contributed by atoms with E-state index in [1.807, 2.05) is 6.92 Å². The number of rotatable bonds is 3. The highest BCUT2D eigenvalue weighted by molar-refractivity contribution is 4.59. The fourth-order valence-corrected chi connectivity index (χ4v) is 0.674. The molecule has 0 bridgehead atoms. The molecule has 50 valence electrons. The Morgan fingerprint density at radius 3 is 1.88 bits per heavy atom. The first-order valence-electron chi connectivity index (χ1n) is 3.40. The van der Waals surface area contributed by atoms with Crippen molar-refractivity contribution < 1.29 is 5.11 Å². The van der Waals surface area contributed by atoms with Gasteiger partial charge in [-0.2, -0.15) is 0 Å². The van der Waals surface area contributed by atoms with Gasteiger partial charge in [0.05, 0.1) is 6.10 Å². The lowest BCUT2D eigenvalue weighted by atomic mass is 10.0. The van der Waals surface area contributed by atoms with Crippen molar-refractivity contribution in [2.75, 3.05) is 0 Å². The van der Waals surface area contributed by atoms with Gasteiger partial charge in [0.15, 0.2) is 0 Å². The van der Waals surface area contributed by atoms with Crippen LogP contribution >= 0.6 is 0 Å². The highest BCUT2D eigenvalue weighted by Crippen LogP contribution is 2.09. The van der Waals surface area contributed by atoms with Gasteiger partial charge in [-0.3, -0.25) is 0 Å². The third-order valence-corrected chi connectivity index (χ3v) is 1.72. The Labute approximate surface area is 51.7 Å². The summed E-state index contributed by atoms with van der Waals surface area (Å²) < 4.78 is 0. The number of hydrogen-bond acceptors (Lipinski definition) is 1. The zero-order valence-corrected chi connectivity index (χ0v) is 6.02. The Kier molecular flexibility index (Phi) is 3.88. The summed E-state index contributed by atoms with van der Waals surface area (Å²) in [6.07, 6.45) is 1.88. The Morgan fingerprint density at radius 1 is 1.25 bits per heavy atom. The van der Waals surface area contributed by atoms with Crippen molar-refractivity contribution in [3.05, 3.63) is 0 Å². The topological polar surface area (TPSA) is 20.2 Å². The van der Waals surface area contributed by atoms with Crippen LogP contribution in [0.2, 0.25) is 0 Å². The summed E-state index contributed by atoms with van der Waals surface area (Å²) in [5.41, 5.74) is 0. The maximum absolute atomic E-state index is 9.13. The quantitative estimate of drug-likeness (QED) is 0.596. The van der Waals surface area contributed by atoms with E-state index in [0.29, 0.717) is 5.92 Å². The average Bonchev–Trinajstić information content (AvgIpc) is 1.84. The van der Waals surface area contributed by atoms with Gasteiger partial charge in [-0.25, -0.2) is 0 Å². The molecule has 0 rings (SSSR count). The SMILES string of the molecule is CCC(C)[C@@H](O)CC. The van der Waals surface area contributed by atoms with Crippen LogP contribution in [0.5, 0.6) is 0 Å². The molecule has 0 aliphatic heterocycles. The number of hydrogen-bond donors (Lipinski definition) is 1. The fraction of sp³-hybridized carbons (Fsp3) is 1.00. The summed E-state index contributed by atoms with van der Waals surface area (Å²) >= 11 is 0. The standard InChI is InChI=1S/C7H16O/c1-4-6(3)7(8)5-2/h6-8H,4-5H2,1-3H3/t6?,7-/m0/s1. The van der Waals surface area contributed by atoms with Gasteiger partial charge in [0.25, 0.3) is 0 Å². The van der Waals surface area contributed by atoms with E-state index in [9.17, 15) is 0 Å². The molecule has 0 aromatic heterocycles. The zero-order chi connectivity index (χ0) is 6.57. The van der Waals surface area contributed by atoms with E-state index in [1.54, 1.807) is 0 Å². The van der Waals surface area contributed by atoms with E-state index in [-0.39, 0.29) is 6.10 Å². The summed E-state index contributed by atoms with van der Waals surface area (Å²) in [6, 6.07) is 0. The van der Waals surface area contributed by atoms with Crippen LogP contribution in [0.1, 0.15) is 33.6 Å². The molecule has 0 aliphatic rings. The Hall–Kier alpha value is -0.0400. The van der Waals surface area contributed by atoms with Crippen molar-refractivity contribution in [3.8, 4) is 0 Å². The van der Waals surface area contributed by atoms with Crippen molar-refractivity contribution >= 4 is 0 Å². The largest absolute Gasteiger partial charge is 0.393 e. The molecule has 0 spiro atoms. The molecular weight excluding hydrogens is 100 g/mol. The molecule has 1 heteroatoms. The van der Waals surface area contributed by atoms with Crippen molar-refractivity contribution in [1.29, 1.82) is 0 Å². The lowest BCUT2D eigenvalue weighted by molar-refractivity contribution is 0.111. The summed E-state index contributed by atoms with van der Waals surface area (Å²) in [7, 11) is 0. The van der Waals surface area contributed by atoms with Crippen LogP contribution in [-0.4, -0.2) is 11.2 Å². The van der Waals surface area contributed by atoms with Gasteiger partial charge in [0, 0.05) is 0 Å². The first-order chi connectivity index (χ1) is 3.72. The molecule has 0 aliphatic carbocycles. The lowest BCUT2D eigenvalue weighted by Gasteiger charge is -2.13. The van der Waals surface area contributed by atoms with E-state index < -0.39 is 0 Å². The van der Waals surface area contributed by atoms with Crippen LogP contribution in [0.3, 0.4) is 0 Å². The maximum Gasteiger partial charge on any atom is 0.0563 e. The van der Waals surface area contributed by atoms with Gasteiger partial charge in [0.2, 0.25) is 0 Å².